The fraction of sp³-hybridized carbons (Fsp3) is 0.133. The molecule has 1 amide bonds. The minimum Gasteiger partial charge on any atom is -0.480 e. The number of nitrogens with one attached hydrogen (secondary N) is 2. The minimum atomic E-state index is -1.15. The number of pyridine rings is 1. The highest BCUT2D eigenvalue weighted by atomic mass is 16.4. The molecule has 6 nitrogen and oxygen atoms in total. The number of H-pyrrole nitrogens is 1. The fourth-order valence-corrected chi connectivity index (χ4v) is 1.88. The van der Waals surface area contributed by atoms with Gasteiger partial charge in [0.1, 0.15) is 11.6 Å². The molecule has 2 rings (SSSR count). The number of carbonyl (C=O) groups excluding carboxylic acids is 1. The standard InChI is InChI=1S/C15H14N2O4/c18-13-6-7-16-9-11(13)14(19)17-12(15(20)21)8-10-4-2-1-3-5-10/h1-7,9,12H,8H2,(H,16,18)(H,17,19)(H,20,21)/t12-/m0/s1. The van der Waals surface area contributed by atoms with Crippen LogP contribution in [0.15, 0.2) is 53.6 Å². The SMILES string of the molecule is O=C(N[C@@H](Cc1ccccc1)C(=O)O)c1c[nH]ccc1=O. The van der Waals surface area contributed by atoms with Gasteiger partial charge in [0.15, 0.2) is 5.43 Å². The maximum Gasteiger partial charge on any atom is 0.326 e. The molecule has 0 aliphatic rings. The Kier molecular flexibility index (Phi) is 4.50. The summed E-state index contributed by atoms with van der Waals surface area (Å²) >= 11 is 0. The molecule has 0 fully saturated rings. The topological polar surface area (TPSA) is 99.3 Å². The molecule has 1 aromatic carbocycles. The van der Waals surface area contributed by atoms with E-state index in [0.29, 0.717) is 0 Å². The Labute approximate surface area is 120 Å². The number of hydrogen-bond donors (Lipinski definition) is 3. The van der Waals surface area contributed by atoms with Crippen LogP contribution in [-0.2, 0) is 11.2 Å². The van der Waals surface area contributed by atoms with Gasteiger partial charge in [-0.2, -0.15) is 0 Å². The van der Waals surface area contributed by atoms with Gasteiger partial charge in [0, 0.05) is 24.9 Å². The molecule has 1 atom stereocenters. The maximum absolute atomic E-state index is 12.0. The van der Waals surface area contributed by atoms with E-state index in [1.165, 1.54) is 18.5 Å². The normalized spacial score (nSPS) is 11.6. The molecule has 108 valence electrons. The second-order valence-electron chi connectivity index (χ2n) is 4.48. The van der Waals surface area contributed by atoms with E-state index in [1.807, 2.05) is 6.07 Å². The molecule has 1 aromatic heterocycles. The number of carboxylic acid groups (broad SMARTS) is 1. The van der Waals surface area contributed by atoms with Crippen LogP contribution < -0.4 is 10.7 Å². The molecule has 0 spiro atoms. The van der Waals surface area contributed by atoms with Crippen molar-refractivity contribution in [2.24, 2.45) is 0 Å². The lowest BCUT2D eigenvalue weighted by Crippen LogP contribution is -2.43. The van der Waals surface area contributed by atoms with Gasteiger partial charge < -0.3 is 15.4 Å². The Bertz CT molecular complexity index is 694. The van der Waals surface area contributed by atoms with Crippen LogP contribution in [0.2, 0.25) is 0 Å². The van der Waals surface area contributed by atoms with Crippen LogP contribution in [-0.4, -0.2) is 28.0 Å². The van der Waals surface area contributed by atoms with Gasteiger partial charge in [-0.25, -0.2) is 4.79 Å². The molecule has 0 bridgehead atoms. The van der Waals surface area contributed by atoms with Crippen molar-refractivity contribution >= 4 is 11.9 Å². The average Bonchev–Trinajstić information content (AvgIpc) is 2.48. The monoisotopic (exact) mass is 286 g/mol. The second-order valence-corrected chi connectivity index (χ2v) is 4.48. The van der Waals surface area contributed by atoms with Gasteiger partial charge in [-0.15, -0.1) is 0 Å². The summed E-state index contributed by atoms with van der Waals surface area (Å²) in [4.78, 5) is 37.4. The van der Waals surface area contributed by atoms with E-state index in [4.69, 9.17) is 0 Å². The van der Waals surface area contributed by atoms with E-state index in [9.17, 15) is 19.5 Å². The van der Waals surface area contributed by atoms with Crippen molar-refractivity contribution in [1.82, 2.24) is 10.3 Å². The third-order valence-corrected chi connectivity index (χ3v) is 2.95. The Morgan fingerprint density at radius 2 is 1.90 bits per heavy atom. The van der Waals surface area contributed by atoms with Crippen molar-refractivity contribution in [1.29, 1.82) is 0 Å². The van der Waals surface area contributed by atoms with Gasteiger partial charge in [0.05, 0.1) is 0 Å². The molecule has 3 N–H and O–H groups in total. The van der Waals surface area contributed by atoms with Crippen molar-refractivity contribution in [2.75, 3.05) is 0 Å². The van der Waals surface area contributed by atoms with E-state index in [1.54, 1.807) is 24.3 Å². The summed E-state index contributed by atoms with van der Waals surface area (Å²) in [5.74, 6) is -1.86. The van der Waals surface area contributed by atoms with Gasteiger partial charge in [0.2, 0.25) is 0 Å². The van der Waals surface area contributed by atoms with Gasteiger partial charge in [-0.3, -0.25) is 9.59 Å². The molecule has 0 saturated carbocycles. The van der Waals surface area contributed by atoms with Gasteiger partial charge in [-0.05, 0) is 5.56 Å². The number of aromatic amines is 1. The van der Waals surface area contributed by atoms with Crippen LogP contribution in [0.4, 0.5) is 0 Å². The number of carboxylic acids is 1. The second kappa shape index (κ2) is 6.51. The van der Waals surface area contributed by atoms with Crippen LogP contribution in [0.1, 0.15) is 15.9 Å². The van der Waals surface area contributed by atoms with Crippen molar-refractivity contribution in [3.05, 3.63) is 70.1 Å². The molecule has 6 heteroatoms. The molecular formula is C15H14N2O4. The van der Waals surface area contributed by atoms with E-state index in [-0.39, 0.29) is 12.0 Å². The molecular weight excluding hydrogens is 272 g/mol. The third-order valence-electron chi connectivity index (χ3n) is 2.95. The summed E-state index contributed by atoms with van der Waals surface area (Å²) in [5, 5.41) is 11.6. The summed E-state index contributed by atoms with van der Waals surface area (Å²) in [6, 6.07) is 9.06. The van der Waals surface area contributed by atoms with E-state index in [2.05, 4.69) is 10.3 Å². The molecule has 1 heterocycles. The zero-order valence-electron chi connectivity index (χ0n) is 11.1. The van der Waals surface area contributed by atoms with Crippen molar-refractivity contribution < 1.29 is 14.7 Å². The first-order chi connectivity index (χ1) is 10.1. The lowest BCUT2D eigenvalue weighted by Gasteiger charge is -2.14. The lowest BCUT2D eigenvalue weighted by molar-refractivity contribution is -0.139. The summed E-state index contributed by atoms with van der Waals surface area (Å²) in [5.41, 5.74) is 0.207. The fourth-order valence-electron chi connectivity index (χ4n) is 1.88. The van der Waals surface area contributed by atoms with E-state index in [0.717, 1.165) is 5.56 Å². The Hall–Kier alpha value is -2.89. The van der Waals surface area contributed by atoms with Crippen LogP contribution in [0, 0.1) is 0 Å². The molecule has 0 radical (unpaired) electrons. The Morgan fingerprint density at radius 3 is 2.52 bits per heavy atom. The van der Waals surface area contributed by atoms with E-state index < -0.39 is 23.3 Å². The number of benzene rings is 1. The Morgan fingerprint density at radius 1 is 1.19 bits per heavy atom. The quantitative estimate of drug-likeness (QED) is 0.757. The average molecular weight is 286 g/mol. The first-order valence-corrected chi connectivity index (χ1v) is 6.32. The first-order valence-electron chi connectivity index (χ1n) is 6.32. The molecule has 0 aliphatic carbocycles. The lowest BCUT2D eigenvalue weighted by atomic mass is 10.1. The van der Waals surface area contributed by atoms with E-state index >= 15 is 0 Å². The first kappa shape index (κ1) is 14.5. The number of rotatable bonds is 5. The number of aliphatic carboxylic acids is 1. The smallest absolute Gasteiger partial charge is 0.326 e. The van der Waals surface area contributed by atoms with Crippen LogP contribution in [0.5, 0.6) is 0 Å². The van der Waals surface area contributed by atoms with Crippen molar-refractivity contribution in [3.63, 3.8) is 0 Å². The highest BCUT2D eigenvalue weighted by Crippen LogP contribution is 2.04. The summed E-state index contributed by atoms with van der Waals surface area (Å²) in [7, 11) is 0. The van der Waals surface area contributed by atoms with Crippen LogP contribution >= 0.6 is 0 Å². The summed E-state index contributed by atoms with van der Waals surface area (Å²) < 4.78 is 0. The number of aromatic nitrogens is 1. The number of carbonyl (C=O) groups is 2. The zero-order valence-corrected chi connectivity index (χ0v) is 11.1. The molecule has 0 unspecified atom stereocenters. The molecule has 2 aromatic rings. The van der Waals surface area contributed by atoms with Gasteiger partial charge in [-0.1, -0.05) is 30.3 Å². The highest BCUT2D eigenvalue weighted by Gasteiger charge is 2.22. The van der Waals surface area contributed by atoms with Crippen molar-refractivity contribution in [3.8, 4) is 0 Å². The van der Waals surface area contributed by atoms with Gasteiger partial charge in [0.25, 0.3) is 5.91 Å². The number of amides is 1. The summed E-state index contributed by atoms with van der Waals surface area (Å²) in [6.45, 7) is 0. The third kappa shape index (κ3) is 3.79. The molecule has 0 aliphatic heterocycles. The molecule has 0 saturated heterocycles. The molecule has 21 heavy (non-hydrogen) atoms. The maximum atomic E-state index is 12.0. The largest absolute Gasteiger partial charge is 0.480 e. The van der Waals surface area contributed by atoms with Crippen LogP contribution in [0.3, 0.4) is 0 Å². The minimum absolute atomic E-state index is 0.114. The zero-order chi connectivity index (χ0) is 15.2. The van der Waals surface area contributed by atoms with Gasteiger partial charge >= 0.3 is 5.97 Å². The van der Waals surface area contributed by atoms with Crippen LogP contribution in [0.25, 0.3) is 0 Å². The predicted octanol–water partition coefficient (Wildman–Crippen LogP) is 0.801. The predicted molar refractivity (Wildman–Crippen MR) is 76.1 cm³/mol. The highest BCUT2D eigenvalue weighted by molar-refractivity contribution is 5.96. The van der Waals surface area contributed by atoms with Crippen molar-refractivity contribution in [2.45, 2.75) is 12.5 Å². The summed E-state index contributed by atoms with van der Waals surface area (Å²) in [6.07, 6.45) is 2.80. The Balaban J connectivity index is 2.14. The number of hydrogen-bond acceptors (Lipinski definition) is 3.